The molecule has 0 saturated carbocycles. The van der Waals surface area contributed by atoms with Crippen molar-refractivity contribution >= 4 is 17.7 Å². The Hall–Kier alpha value is -1.51. The van der Waals surface area contributed by atoms with E-state index in [2.05, 4.69) is 16.7 Å². The lowest BCUT2D eigenvalue weighted by Crippen LogP contribution is -2.43. The molecule has 0 aromatic heterocycles. The number of nitrogens with zero attached hydrogens (tertiary/aromatic N) is 1. The number of thioether (sulfide) groups is 1. The molecule has 0 bridgehead atoms. The lowest BCUT2D eigenvalue weighted by atomic mass is 10.1. The van der Waals surface area contributed by atoms with Crippen molar-refractivity contribution in [3.05, 3.63) is 35.4 Å². The SMILES string of the molecule is Cc1ccc(C(C#N)NC(=O)C2CSCN2)cc1. The van der Waals surface area contributed by atoms with Gasteiger partial charge in [0.25, 0.3) is 0 Å². The number of rotatable bonds is 3. The van der Waals surface area contributed by atoms with Crippen LogP contribution in [0.4, 0.5) is 0 Å². The summed E-state index contributed by atoms with van der Waals surface area (Å²) in [6.45, 7) is 1.99. The highest BCUT2D eigenvalue weighted by Gasteiger charge is 2.24. The number of amides is 1. The molecule has 4 nitrogen and oxygen atoms in total. The third kappa shape index (κ3) is 3.03. The summed E-state index contributed by atoms with van der Waals surface area (Å²) in [5, 5.41) is 15.0. The third-order valence-corrected chi connectivity index (χ3v) is 3.80. The van der Waals surface area contributed by atoms with Crippen LogP contribution in [0.1, 0.15) is 17.2 Å². The second-order valence-electron chi connectivity index (χ2n) is 4.25. The van der Waals surface area contributed by atoms with Gasteiger partial charge in [-0.2, -0.15) is 5.26 Å². The fourth-order valence-electron chi connectivity index (χ4n) is 1.76. The largest absolute Gasteiger partial charge is 0.335 e. The monoisotopic (exact) mass is 261 g/mol. The van der Waals surface area contributed by atoms with Gasteiger partial charge >= 0.3 is 0 Å². The Morgan fingerprint density at radius 3 is 2.83 bits per heavy atom. The van der Waals surface area contributed by atoms with Crippen molar-refractivity contribution in [2.45, 2.75) is 19.0 Å². The summed E-state index contributed by atoms with van der Waals surface area (Å²) in [6, 6.07) is 8.99. The predicted octanol–water partition coefficient (Wildman–Crippen LogP) is 1.34. The second kappa shape index (κ2) is 5.89. The van der Waals surface area contributed by atoms with Crippen molar-refractivity contribution in [1.29, 1.82) is 5.26 Å². The summed E-state index contributed by atoms with van der Waals surface area (Å²) < 4.78 is 0. The Balaban J connectivity index is 2.03. The molecule has 1 aliphatic heterocycles. The standard InChI is InChI=1S/C13H15N3OS/c1-9-2-4-10(5-3-9)11(6-14)16-13(17)12-7-18-8-15-12/h2-5,11-12,15H,7-8H2,1H3,(H,16,17). The Bertz CT molecular complexity index is 460. The van der Waals surface area contributed by atoms with Gasteiger partial charge in [-0.05, 0) is 12.5 Å². The van der Waals surface area contributed by atoms with Gasteiger partial charge in [-0.25, -0.2) is 0 Å². The van der Waals surface area contributed by atoms with Crippen molar-refractivity contribution in [2.75, 3.05) is 11.6 Å². The Morgan fingerprint density at radius 1 is 1.56 bits per heavy atom. The average Bonchev–Trinajstić information content (AvgIpc) is 2.91. The van der Waals surface area contributed by atoms with E-state index < -0.39 is 6.04 Å². The Morgan fingerprint density at radius 2 is 2.28 bits per heavy atom. The molecule has 0 spiro atoms. The molecule has 1 aromatic carbocycles. The van der Waals surface area contributed by atoms with Crippen LogP contribution in [0, 0.1) is 18.3 Å². The van der Waals surface area contributed by atoms with E-state index in [1.54, 1.807) is 11.8 Å². The van der Waals surface area contributed by atoms with E-state index >= 15 is 0 Å². The highest BCUT2D eigenvalue weighted by atomic mass is 32.2. The van der Waals surface area contributed by atoms with E-state index in [4.69, 9.17) is 5.26 Å². The van der Waals surface area contributed by atoms with Gasteiger partial charge < -0.3 is 5.32 Å². The molecule has 0 radical (unpaired) electrons. The van der Waals surface area contributed by atoms with Crippen molar-refractivity contribution in [3.8, 4) is 6.07 Å². The van der Waals surface area contributed by atoms with E-state index in [1.807, 2.05) is 31.2 Å². The van der Waals surface area contributed by atoms with Crippen LogP contribution in [0.3, 0.4) is 0 Å². The molecule has 2 atom stereocenters. The number of hydrogen-bond donors (Lipinski definition) is 2. The zero-order chi connectivity index (χ0) is 13.0. The first-order valence-electron chi connectivity index (χ1n) is 5.78. The van der Waals surface area contributed by atoms with Gasteiger partial charge in [0.2, 0.25) is 5.91 Å². The average molecular weight is 261 g/mol. The predicted molar refractivity (Wildman–Crippen MR) is 71.9 cm³/mol. The van der Waals surface area contributed by atoms with Gasteiger partial charge in [0, 0.05) is 11.6 Å². The van der Waals surface area contributed by atoms with Gasteiger partial charge in [-0.15, -0.1) is 11.8 Å². The number of nitriles is 1. The maximum atomic E-state index is 11.9. The van der Waals surface area contributed by atoms with Gasteiger partial charge in [0.15, 0.2) is 0 Å². The summed E-state index contributed by atoms with van der Waals surface area (Å²) in [5.41, 5.74) is 1.96. The Kier molecular flexibility index (Phi) is 4.24. The first-order chi connectivity index (χ1) is 8.70. The van der Waals surface area contributed by atoms with E-state index in [9.17, 15) is 4.79 Å². The zero-order valence-corrected chi connectivity index (χ0v) is 11.0. The molecular weight excluding hydrogens is 246 g/mol. The third-order valence-electron chi connectivity index (χ3n) is 2.86. The van der Waals surface area contributed by atoms with Crippen LogP contribution >= 0.6 is 11.8 Å². The van der Waals surface area contributed by atoms with E-state index in [0.717, 1.165) is 22.8 Å². The normalized spacial score (nSPS) is 20.1. The summed E-state index contributed by atoms with van der Waals surface area (Å²) in [6.07, 6.45) is 0. The van der Waals surface area contributed by atoms with Crippen LogP contribution in [0.2, 0.25) is 0 Å². The fourth-order valence-corrected chi connectivity index (χ4v) is 2.70. The van der Waals surface area contributed by atoms with Crippen molar-refractivity contribution in [2.24, 2.45) is 0 Å². The van der Waals surface area contributed by atoms with Crippen LogP contribution in [0.25, 0.3) is 0 Å². The second-order valence-corrected chi connectivity index (χ2v) is 5.28. The van der Waals surface area contributed by atoms with Crippen LogP contribution in [0.15, 0.2) is 24.3 Å². The van der Waals surface area contributed by atoms with Crippen LogP contribution in [0.5, 0.6) is 0 Å². The molecule has 0 aliphatic carbocycles. The lowest BCUT2D eigenvalue weighted by Gasteiger charge is -2.15. The molecule has 1 aromatic rings. The van der Waals surface area contributed by atoms with Gasteiger partial charge in [-0.3, -0.25) is 10.1 Å². The van der Waals surface area contributed by atoms with Gasteiger partial charge in [0.1, 0.15) is 6.04 Å². The quantitative estimate of drug-likeness (QED) is 0.861. The van der Waals surface area contributed by atoms with Crippen LogP contribution < -0.4 is 10.6 Å². The van der Waals surface area contributed by atoms with Crippen molar-refractivity contribution in [3.63, 3.8) is 0 Å². The molecule has 1 amide bonds. The summed E-state index contributed by atoms with van der Waals surface area (Å²) in [5.74, 6) is 1.45. The molecular formula is C13H15N3OS. The molecule has 2 unspecified atom stereocenters. The van der Waals surface area contributed by atoms with Crippen molar-refractivity contribution < 1.29 is 4.79 Å². The summed E-state index contributed by atoms with van der Waals surface area (Å²) >= 11 is 1.69. The van der Waals surface area contributed by atoms with E-state index in [0.29, 0.717) is 0 Å². The minimum atomic E-state index is -0.578. The molecule has 1 fully saturated rings. The maximum Gasteiger partial charge on any atom is 0.239 e. The van der Waals surface area contributed by atoms with Gasteiger partial charge in [0.05, 0.1) is 12.1 Å². The summed E-state index contributed by atoms with van der Waals surface area (Å²) in [7, 11) is 0. The number of nitrogens with one attached hydrogen (secondary N) is 2. The molecule has 2 N–H and O–H groups in total. The highest BCUT2D eigenvalue weighted by molar-refractivity contribution is 7.99. The highest BCUT2D eigenvalue weighted by Crippen LogP contribution is 2.15. The molecule has 1 heterocycles. The Labute approximate surface area is 111 Å². The molecule has 2 rings (SSSR count). The minimum Gasteiger partial charge on any atom is -0.335 e. The maximum absolute atomic E-state index is 11.9. The summed E-state index contributed by atoms with van der Waals surface area (Å²) in [4.78, 5) is 11.9. The molecule has 18 heavy (non-hydrogen) atoms. The van der Waals surface area contributed by atoms with E-state index in [1.165, 1.54) is 0 Å². The molecule has 1 aliphatic rings. The first kappa shape index (κ1) is 12.9. The van der Waals surface area contributed by atoms with Gasteiger partial charge in [-0.1, -0.05) is 29.8 Å². The molecule has 1 saturated heterocycles. The lowest BCUT2D eigenvalue weighted by molar-refractivity contribution is -0.122. The fraction of sp³-hybridized carbons (Fsp3) is 0.385. The molecule has 94 valence electrons. The number of benzene rings is 1. The number of hydrogen-bond acceptors (Lipinski definition) is 4. The smallest absolute Gasteiger partial charge is 0.239 e. The van der Waals surface area contributed by atoms with E-state index in [-0.39, 0.29) is 11.9 Å². The number of carbonyl (C=O) groups is 1. The zero-order valence-electron chi connectivity index (χ0n) is 10.1. The topological polar surface area (TPSA) is 64.9 Å². The van der Waals surface area contributed by atoms with Crippen molar-refractivity contribution in [1.82, 2.24) is 10.6 Å². The van der Waals surface area contributed by atoms with Crippen LogP contribution in [-0.4, -0.2) is 23.6 Å². The van der Waals surface area contributed by atoms with Crippen LogP contribution in [-0.2, 0) is 4.79 Å². The first-order valence-corrected chi connectivity index (χ1v) is 6.94. The minimum absolute atomic E-state index is 0.105. The molecule has 5 heteroatoms. The number of aryl methyl sites for hydroxylation is 1. The number of carbonyl (C=O) groups excluding carboxylic acids is 1.